The Balaban J connectivity index is 0.000000225. The van der Waals surface area contributed by atoms with Gasteiger partial charge in [-0.25, -0.2) is 4.98 Å². The number of fused-ring (bicyclic) bond motifs is 5. The second kappa shape index (κ2) is 14.9. The second-order valence-corrected chi connectivity index (χ2v) is 13.4. The Bertz CT molecular complexity index is 2800. The molecular weight excluding hydrogens is 836 g/mol. The summed E-state index contributed by atoms with van der Waals surface area (Å²) in [6, 6.07) is 42.7. The summed E-state index contributed by atoms with van der Waals surface area (Å²) in [5, 5.41) is 3.24. The fourth-order valence-electron chi connectivity index (χ4n) is 6.74. The number of aryl methyl sites for hydroxylation is 1. The Kier molecular flexibility index (Phi) is 9.02. The zero-order valence-corrected chi connectivity index (χ0v) is 32.0. The molecule has 0 fully saturated rings. The number of halogens is 1. The molecule has 0 amide bonds. The third-order valence-corrected chi connectivity index (χ3v) is 9.29. The molecule has 0 spiro atoms. The minimum absolute atomic E-state index is 0. The molecule has 7 heteroatoms. The maximum absolute atomic E-state index is 12.7. The van der Waals surface area contributed by atoms with E-state index in [-0.39, 0.29) is 31.5 Å². The van der Waals surface area contributed by atoms with E-state index >= 15 is 0 Å². The van der Waals surface area contributed by atoms with Crippen LogP contribution in [0.1, 0.15) is 60.3 Å². The molecule has 0 N–H and O–H groups in total. The summed E-state index contributed by atoms with van der Waals surface area (Å²) in [4.78, 5) is 14.2. The van der Waals surface area contributed by atoms with E-state index in [1.54, 1.807) is 12.1 Å². The maximum Gasteiger partial charge on any atom is 0.168 e. The number of imidazole rings is 1. The van der Waals surface area contributed by atoms with E-state index in [0.717, 1.165) is 49.7 Å². The normalized spacial score (nSPS) is 12.5. The summed E-state index contributed by atoms with van der Waals surface area (Å²) in [5.74, 6) is 1.08. The molecule has 0 aliphatic rings. The molecule has 4 heterocycles. The molecule has 4 aromatic heterocycles. The predicted molar refractivity (Wildman–Crippen MR) is 209 cm³/mol. The van der Waals surface area contributed by atoms with Crippen molar-refractivity contribution in [3.63, 3.8) is 0 Å². The third kappa shape index (κ3) is 6.79. The van der Waals surface area contributed by atoms with Crippen molar-refractivity contribution in [3.05, 3.63) is 156 Å². The van der Waals surface area contributed by atoms with Crippen LogP contribution in [0.15, 0.2) is 126 Å². The first kappa shape index (κ1) is 32.2. The Morgan fingerprint density at radius 2 is 1.57 bits per heavy atom. The summed E-state index contributed by atoms with van der Waals surface area (Å²) < 4.78 is 43.1. The molecule has 1 radical (unpaired) electrons. The Hall–Kier alpha value is -5.49. The zero-order chi connectivity index (χ0) is 38.4. The smallest absolute Gasteiger partial charge is 0.168 e. The Morgan fingerprint density at radius 3 is 2.28 bits per heavy atom. The van der Waals surface area contributed by atoms with Crippen molar-refractivity contribution in [2.45, 2.75) is 46.4 Å². The summed E-state index contributed by atoms with van der Waals surface area (Å²) in [5.41, 5.74) is 10.2. The number of rotatable bonds is 5. The van der Waals surface area contributed by atoms with E-state index in [4.69, 9.17) is 18.5 Å². The van der Waals surface area contributed by atoms with Gasteiger partial charge < -0.3 is 14.0 Å². The number of para-hydroxylation sites is 3. The van der Waals surface area contributed by atoms with Gasteiger partial charge in [0.25, 0.3) is 0 Å². The molecule has 5 nitrogen and oxygen atoms in total. The van der Waals surface area contributed by atoms with Gasteiger partial charge >= 0.3 is 0 Å². The molecular formula is C46H37FIrN4O-2. The van der Waals surface area contributed by atoms with Gasteiger partial charge in [-0.15, -0.1) is 48.0 Å². The van der Waals surface area contributed by atoms with Crippen molar-refractivity contribution in [2.75, 3.05) is 0 Å². The van der Waals surface area contributed by atoms with Gasteiger partial charge in [-0.3, -0.25) is 9.37 Å². The summed E-state index contributed by atoms with van der Waals surface area (Å²) in [7, 11) is 0. The van der Waals surface area contributed by atoms with Gasteiger partial charge in [0.05, 0.1) is 22.4 Å². The van der Waals surface area contributed by atoms with Crippen molar-refractivity contribution >= 4 is 44.0 Å². The molecule has 9 aromatic rings. The maximum atomic E-state index is 12.7. The van der Waals surface area contributed by atoms with E-state index in [0.29, 0.717) is 28.7 Å². The number of hydrogen-bond acceptors (Lipinski definition) is 4. The average molecular weight is 876 g/mol. The first-order valence-electron chi connectivity index (χ1n) is 18.9. The van der Waals surface area contributed by atoms with Crippen LogP contribution in [0.2, 0.25) is 0 Å². The van der Waals surface area contributed by atoms with Gasteiger partial charge in [0, 0.05) is 52.7 Å². The molecule has 0 unspecified atom stereocenters. The van der Waals surface area contributed by atoms with E-state index in [1.165, 1.54) is 41.2 Å². The van der Waals surface area contributed by atoms with Crippen LogP contribution in [0.4, 0.5) is 4.39 Å². The van der Waals surface area contributed by atoms with Crippen LogP contribution in [-0.2, 0) is 20.1 Å². The van der Waals surface area contributed by atoms with Crippen molar-refractivity contribution in [3.8, 4) is 28.3 Å². The largest absolute Gasteiger partial charge is 0.501 e. The standard InChI is InChI=1S/C34H28N3O.C12H9FN.Ir/c1-20(2)23-13-9-14-24(21(3)4)31(23)37-29-19-22-11-5-7-17-28(22)35-33(29)36-34(37)27-16-10-15-26-25-12-6-8-18-30(25)38-32(26)27;1-9-2-7-12(14-8-9)10-3-5-11(13)6-4-10;/h5-15,17-21H,1-4H3;2-3,5-8H,1H3;/q2*-1;/i;1D3;. The van der Waals surface area contributed by atoms with Crippen LogP contribution in [0.25, 0.3) is 72.3 Å². The molecule has 0 aliphatic heterocycles. The molecule has 53 heavy (non-hydrogen) atoms. The van der Waals surface area contributed by atoms with Crippen LogP contribution in [0, 0.1) is 24.8 Å². The monoisotopic (exact) mass is 876 g/mol. The minimum atomic E-state index is -2.15. The fourth-order valence-corrected chi connectivity index (χ4v) is 6.74. The van der Waals surface area contributed by atoms with Crippen LogP contribution in [0.3, 0.4) is 0 Å². The molecule has 5 aromatic carbocycles. The van der Waals surface area contributed by atoms with Crippen molar-refractivity contribution in [2.24, 2.45) is 0 Å². The van der Waals surface area contributed by atoms with E-state index in [9.17, 15) is 4.39 Å². The number of benzene rings is 5. The number of hydrogen-bond donors (Lipinski definition) is 0. The number of pyridine rings is 2. The summed E-state index contributed by atoms with van der Waals surface area (Å²) in [6.07, 6.45) is 1.31. The minimum Gasteiger partial charge on any atom is -0.501 e. The van der Waals surface area contributed by atoms with Crippen LogP contribution in [-0.4, -0.2) is 19.5 Å². The van der Waals surface area contributed by atoms with E-state index in [2.05, 4.69) is 97.9 Å². The average Bonchev–Trinajstić information content (AvgIpc) is 3.75. The zero-order valence-electron chi connectivity index (χ0n) is 32.6. The van der Waals surface area contributed by atoms with Crippen LogP contribution in [0.5, 0.6) is 0 Å². The quantitative estimate of drug-likeness (QED) is 0.162. The van der Waals surface area contributed by atoms with Gasteiger partial charge in [0.15, 0.2) is 5.65 Å². The summed E-state index contributed by atoms with van der Waals surface area (Å²) >= 11 is 0. The number of aromatic nitrogens is 4. The first-order valence-corrected chi connectivity index (χ1v) is 17.4. The van der Waals surface area contributed by atoms with E-state index < -0.39 is 6.85 Å². The van der Waals surface area contributed by atoms with Crippen molar-refractivity contribution in [1.29, 1.82) is 0 Å². The molecule has 0 bridgehead atoms. The topological polar surface area (TPSA) is 56.7 Å². The SMILES string of the molecule is CC(C)c1cccc(C(C)C)c1-n1c(-c2[c-]ccc3c2oc2ccccc23)nc2nc3ccccc3cc21.[2H]C([2H])([2H])c1ccc(-c2[c-]cc(F)cc2)nc1.[Ir]. The van der Waals surface area contributed by atoms with Crippen LogP contribution < -0.4 is 0 Å². The number of nitrogens with zero attached hydrogens (tertiary/aromatic N) is 4. The molecule has 0 atom stereocenters. The third-order valence-electron chi connectivity index (χ3n) is 9.29. The molecule has 9 rings (SSSR count). The molecule has 0 saturated heterocycles. The van der Waals surface area contributed by atoms with Gasteiger partial charge in [-0.1, -0.05) is 105 Å². The van der Waals surface area contributed by atoms with Gasteiger partial charge in [-0.2, -0.15) is 0 Å². The predicted octanol–water partition coefficient (Wildman–Crippen LogP) is 12.2. The second-order valence-electron chi connectivity index (χ2n) is 13.4. The molecule has 265 valence electrons. The Morgan fingerprint density at radius 1 is 0.792 bits per heavy atom. The van der Waals surface area contributed by atoms with Gasteiger partial charge in [0.1, 0.15) is 5.58 Å². The number of furan rings is 1. The van der Waals surface area contributed by atoms with Crippen molar-refractivity contribution < 1.29 is 33.0 Å². The first-order chi connectivity index (χ1) is 26.5. The van der Waals surface area contributed by atoms with E-state index in [1.807, 2.05) is 36.4 Å². The Labute approximate surface area is 326 Å². The molecule has 0 saturated carbocycles. The fraction of sp³-hybridized carbons (Fsp3) is 0.152. The summed E-state index contributed by atoms with van der Waals surface area (Å²) in [6.45, 7) is 6.85. The van der Waals surface area contributed by atoms with Gasteiger partial charge in [-0.05, 0) is 59.3 Å². The van der Waals surface area contributed by atoms with Gasteiger partial charge in [0.2, 0.25) is 0 Å². The molecule has 0 aliphatic carbocycles. The van der Waals surface area contributed by atoms with Crippen molar-refractivity contribution in [1.82, 2.24) is 19.5 Å². The van der Waals surface area contributed by atoms with Crippen LogP contribution >= 0.6 is 0 Å².